The molecule has 0 spiro atoms. The minimum absolute atomic E-state index is 0.197. The monoisotopic (exact) mass is 360 g/mol. The van der Waals surface area contributed by atoms with Gasteiger partial charge in [0.15, 0.2) is 0 Å². The van der Waals surface area contributed by atoms with Crippen LogP contribution in [0.25, 0.3) is 11.1 Å². The highest BCUT2D eigenvalue weighted by Crippen LogP contribution is 2.43. The van der Waals surface area contributed by atoms with Crippen molar-refractivity contribution >= 4 is 0 Å². The molecule has 5 rings (SSSR count). The third kappa shape index (κ3) is 3.03. The summed E-state index contributed by atoms with van der Waals surface area (Å²) in [6.07, 6.45) is 5.37. The van der Waals surface area contributed by atoms with Crippen LogP contribution in [0.2, 0.25) is 0 Å². The zero-order valence-corrected chi connectivity index (χ0v) is 14.9. The summed E-state index contributed by atoms with van der Waals surface area (Å²) >= 11 is 0. The van der Waals surface area contributed by atoms with Gasteiger partial charge in [0.05, 0.1) is 0 Å². The zero-order valence-electron chi connectivity index (χ0n) is 14.9. The number of piperidine rings is 1. The number of fused-ring (bicyclic) bond motifs is 2. The molecule has 2 aliphatic rings. The first-order valence-corrected chi connectivity index (χ1v) is 9.36. The Morgan fingerprint density at radius 2 is 1.70 bits per heavy atom. The van der Waals surface area contributed by atoms with E-state index in [0.29, 0.717) is 18.0 Å². The van der Waals surface area contributed by atoms with Gasteiger partial charge in [-0.25, -0.2) is 14.4 Å². The molecule has 3 heterocycles. The van der Waals surface area contributed by atoms with Gasteiger partial charge in [0, 0.05) is 55.6 Å². The molecular weight excluding hydrogens is 339 g/mol. The van der Waals surface area contributed by atoms with Crippen molar-refractivity contribution in [2.75, 3.05) is 13.1 Å². The maximum absolute atomic E-state index is 13.5. The average Bonchev–Trinajstić information content (AvgIpc) is 2.73. The van der Waals surface area contributed by atoms with Gasteiger partial charge in [0.25, 0.3) is 0 Å². The molecule has 136 valence electrons. The van der Waals surface area contributed by atoms with Crippen LogP contribution in [0.5, 0.6) is 0 Å². The van der Waals surface area contributed by atoms with Gasteiger partial charge in [-0.05, 0) is 28.8 Å². The van der Waals surface area contributed by atoms with E-state index in [0.717, 1.165) is 36.3 Å². The van der Waals surface area contributed by atoms with E-state index in [1.54, 1.807) is 18.5 Å². The number of nitrogens with one attached hydrogen (secondary N) is 1. The molecule has 3 aromatic rings. The summed E-state index contributed by atoms with van der Waals surface area (Å²) in [5, 5.41) is 3.53. The van der Waals surface area contributed by atoms with Crippen molar-refractivity contribution in [3.8, 4) is 11.1 Å². The fraction of sp³-hybridized carbons (Fsp3) is 0.273. The Bertz CT molecular complexity index is 917. The Kier molecular flexibility index (Phi) is 4.19. The number of aromatic nitrogens is 2. The summed E-state index contributed by atoms with van der Waals surface area (Å²) in [7, 11) is 0. The molecule has 0 saturated carbocycles. The molecule has 1 N–H and O–H groups in total. The molecule has 27 heavy (non-hydrogen) atoms. The number of nitrogens with zero attached hydrogens (tertiary/aromatic N) is 3. The summed E-state index contributed by atoms with van der Waals surface area (Å²) in [5.41, 5.74) is 4.50. The van der Waals surface area contributed by atoms with Gasteiger partial charge in [-0.1, -0.05) is 36.4 Å². The van der Waals surface area contributed by atoms with Crippen LogP contribution in [-0.4, -0.2) is 40.0 Å². The summed E-state index contributed by atoms with van der Waals surface area (Å²) in [4.78, 5) is 10.8. The van der Waals surface area contributed by atoms with Crippen LogP contribution in [0.1, 0.15) is 17.0 Å². The molecule has 0 radical (unpaired) electrons. The molecule has 2 aromatic carbocycles. The molecule has 3 atom stereocenters. The van der Waals surface area contributed by atoms with Gasteiger partial charge < -0.3 is 5.32 Å². The maximum atomic E-state index is 13.5. The lowest BCUT2D eigenvalue weighted by molar-refractivity contribution is -0.0484. The van der Waals surface area contributed by atoms with Gasteiger partial charge in [0.1, 0.15) is 12.1 Å². The van der Waals surface area contributed by atoms with Gasteiger partial charge in [-0.15, -0.1) is 0 Å². The summed E-state index contributed by atoms with van der Waals surface area (Å²) in [5.74, 6) is 0.342. The summed E-state index contributed by atoms with van der Waals surface area (Å²) in [6, 6.07) is 16.4. The molecular formula is C22H21FN4. The predicted octanol–water partition coefficient (Wildman–Crippen LogP) is 3.22. The number of benzene rings is 2. The fourth-order valence-corrected chi connectivity index (χ4v) is 4.55. The summed E-state index contributed by atoms with van der Waals surface area (Å²) in [6.45, 7) is 2.90. The lowest BCUT2D eigenvalue weighted by Crippen LogP contribution is -2.72. The van der Waals surface area contributed by atoms with Gasteiger partial charge in [-0.3, -0.25) is 4.90 Å². The molecule has 5 heteroatoms. The zero-order chi connectivity index (χ0) is 18.2. The number of halogens is 1. The Hall–Kier alpha value is -2.63. The highest BCUT2D eigenvalue weighted by Gasteiger charge is 2.50. The van der Waals surface area contributed by atoms with Crippen molar-refractivity contribution in [2.45, 2.75) is 24.5 Å². The van der Waals surface area contributed by atoms with E-state index in [4.69, 9.17) is 0 Å². The minimum atomic E-state index is -0.197. The lowest BCUT2D eigenvalue weighted by atomic mass is 9.72. The smallest absolute Gasteiger partial charge is 0.123 e. The van der Waals surface area contributed by atoms with Crippen molar-refractivity contribution < 1.29 is 4.39 Å². The lowest BCUT2D eigenvalue weighted by Gasteiger charge is -2.59. The van der Waals surface area contributed by atoms with Crippen molar-refractivity contribution in [1.29, 1.82) is 0 Å². The first kappa shape index (κ1) is 16.5. The maximum Gasteiger partial charge on any atom is 0.123 e. The van der Waals surface area contributed by atoms with Crippen LogP contribution < -0.4 is 5.32 Å². The standard InChI is InChI=1S/C22H21FN4/c23-19-3-1-2-18(8-19)16-4-6-17(7-5-16)22-20-11-24-12-21(22)27(20)13-15-9-25-14-26-10-15/h1-10,14,20-22,24H,11-13H2/t20-,21+,22?. The second kappa shape index (κ2) is 6.83. The van der Waals surface area contributed by atoms with E-state index >= 15 is 0 Å². The molecule has 2 fully saturated rings. The van der Waals surface area contributed by atoms with Crippen molar-refractivity contribution in [3.05, 3.63) is 84.2 Å². The van der Waals surface area contributed by atoms with Crippen LogP contribution in [0.3, 0.4) is 0 Å². The van der Waals surface area contributed by atoms with Crippen LogP contribution in [0.4, 0.5) is 4.39 Å². The number of hydrogen-bond donors (Lipinski definition) is 1. The molecule has 4 nitrogen and oxygen atoms in total. The van der Waals surface area contributed by atoms with Crippen molar-refractivity contribution in [2.24, 2.45) is 0 Å². The second-order valence-electron chi connectivity index (χ2n) is 7.37. The van der Waals surface area contributed by atoms with Crippen LogP contribution >= 0.6 is 0 Å². The second-order valence-corrected chi connectivity index (χ2v) is 7.37. The van der Waals surface area contributed by atoms with Gasteiger partial charge in [0.2, 0.25) is 0 Å². The Morgan fingerprint density at radius 3 is 2.41 bits per heavy atom. The van der Waals surface area contributed by atoms with E-state index in [1.165, 1.54) is 11.6 Å². The molecule has 0 amide bonds. The molecule has 1 unspecified atom stereocenters. The summed E-state index contributed by atoms with van der Waals surface area (Å²) < 4.78 is 13.5. The molecule has 2 bridgehead atoms. The molecule has 1 aromatic heterocycles. The predicted molar refractivity (Wildman–Crippen MR) is 103 cm³/mol. The third-order valence-corrected chi connectivity index (χ3v) is 5.82. The van der Waals surface area contributed by atoms with Crippen LogP contribution in [-0.2, 0) is 6.54 Å². The quantitative estimate of drug-likeness (QED) is 0.776. The Morgan fingerprint density at radius 1 is 0.963 bits per heavy atom. The molecule has 2 saturated heterocycles. The Balaban J connectivity index is 1.35. The van der Waals surface area contributed by atoms with Gasteiger partial charge in [-0.2, -0.15) is 0 Å². The normalized spacial score (nSPS) is 24.4. The average molecular weight is 360 g/mol. The number of hydrogen-bond acceptors (Lipinski definition) is 4. The van der Waals surface area contributed by atoms with Gasteiger partial charge >= 0.3 is 0 Å². The van der Waals surface area contributed by atoms with Crippen molar-refractivity contribution in [1.82, 2.24) is 20.2 Å². The highest BCUT2D eigenvalue weighted by atomic mass is 19.1. The van der Waals surface area contributed by atoms with E-state index in [1.807, 2.05) is 18.5 Å². The van der Waals surface area contributed by atoms with E-state index in [9.17, 15) is 4.39 Å². The van der Waals surface area contributed by atoms with Crippen LogP contribution in [0, 0.1) is 5.82 Å². The van der Waals surface area contributed by atoms with Crippen LogP contribution in [0.15, 0.2) is 67.3 Å². The fourth-order valence-electron chi connectivity index (χ4n) is 4.55. The van der Waals surface area contributed by atoms with E-state index in [-0.39, 0.29) is 5.82 Å². The van der Waals surface area contributed by atoms with E-state index < -0.39 is 0 Å². The first-order valence-electron chi connectivity index (χ1n) is 9.36. The highest BCUT2D eigenvalue weighted by molar-refractivity contribution is 5.63. The van der Waals surface area contributed by atoms with Crippen molar-refractivity contribution in [3.63, 3.8) is 0 Å². The number of likely N-dealkylation sites (tertiary alicyclic amines) is 1. The molecule has 0 aliphatic carbocycles. The van der Waals surface area contributed by atoms with E-state index in [2.05, 4.69) is 44.5 Å². The number of rotatable bonds is 4. The third-order valence-electron chi connectivity index (χ3n) is 5.82. The largest absolute Gasteiger partial charge is 0.314 e. The first-order chi connectivity index (χ1) is 13.3. The SMILES string of the molecule is Fc1cccc(-c2ccc(C3[C@H]4CNC[C@@H]3N4Cc3cncnc3)cc2)c1. The number of piperazine rings is 1. The molecule has 2 aliphatic heterocycles. The topological polar surface area (TPSA) is 41.0 Å². The minimum Gasteiger partial charge on any atom is -0.314 e. The Labute approximate surface area is 158 Å².